The lowest BCUT2D eigenvalue weighted by Crippen LogP contribution is -2.63. The number of aliphatic hydroxyl groups excluding tert-OH is 3. The van der Waals surface area contributed by atoms with Crippen LogP contribution < -0.4 is 10.2 Å². The monoisotopic (exact) mass is 498 g/mol. The summed E-state index contributed by atoms with van der Waals surface area (Å²) in [6, 6.07) is 9.43. The van der Waals surface area contributed by atoms with Crippen LogP contribution in [-0.2, 0) is 16.9 Å². The summed E-state index contributed by atoms with van der Waals surface area (Å²) in [6.07, 6.45) is -4.24. The highest BCUT2D eigenvalue weighted by molar-refractivity contribution is 5.88. The predicted molar refractivity (Wildman–Crippen MR) is 132 cm³/mol. The molecule has 192 valence electrons. The van der Waals surface area contributed by atoms with Crippen molar-refractivity contribution < 1.29 is 39.4 Å². The topological polar surface area (TPSA) is 150 Å². The van der Waals surface area contributed by atoms with Crippen LogP contribution in [0.25, 0.3) is 22.3 Å². The van der Waals surface area contributed by atoms with Crippen molar-refractivity contribution in [3.8, 4) is 22.8 Å². The molecular formula is C27H30O9. The van der Waals surface area contributed by atoms with Gasteiger partial charge in [0.2, 0.25) is 11.2 Å². The quantitative estimate of drug-likeness (QED) is 0.334. The number of benzene rings is 2. The summed E-state index contributed by atoms with van der Waals surface area (Å²) >= 11 is 0. The van der Waals surface area contributed by atoms with E-state index in [0.29, 0.717) is 23.3 Å². The van der Waals surface area contributed by atoms with E-state index in [9.17, 15) is 30.3 Å². The predicted octanol–water partition coefficient (Wildman–Crippen LogP) is 2.33. The van der Waals surface area contributed by atoms with Crippen LogP contribution in [0.4, 0.5) is 0 Å². The number of rotatable bonds is 5. The van der Waals surface area contributed by atoms with Crippen LogP contribution in [0.5, 0.6) is 11.5 Å². The van der Waals surface area contributed by atoms with Crippen LogP contribution in [-0.4, -0.2) is 57.1 Å². The Morgan fingerprint density at radius 1 is 1.08 bits per heavy atom. The molecule has 1 aliphatic heterocycles. The molecule has 2 aromatic carbocycles. The van der Waals surface area contributed by atoms with Crippen molar-refractivity contribution in [1.29, 1.82) is 0 Å². The number of methoxy groups -OCH3 is 1. The van der Waals surface area contributed by atoms with Gasteiger partial charge in [-0.05, 0) is 63.1 Å². The number of phenolic OH excluding ortho intramolecular Hbond substituents is 1. The second-order valence-electron chi connectivity index (χ2n) is 9.24. The molecule has 3 aromatic rings. The number of allylic oxidation sites excluding steroid dienone is 2. The lowest BCUT2D eigenvalue weighted by atomic mass is 9.86. The number of hydrogen-bond acceptors (Lipinski definition) is 9. The molecule has 1 fully saturated rings. The molecule has 1 unspecified atom stereocenters. The largest absolute Gasteiger partial charge is 0.507 e. The summed E-state index contributed by atoms with van der Waals surface area (Å²) in [5, 5.41) is 53.4. The van der Waals surface area contributed by atoms with Crippen LogP contribution in [0.1, 0.15) is 31.9 Å². The van der Waals surface area contributed by atoms with Gasteiger partial charge in [0, 0.05) is 5.56 Å². The van der Waals surface area contributed by atoms with Crippen LogP contribution in [0.15, 0.2) is 57.3 Å². The number of aromatic hydroxyl groups is 1. The van der Waals surface area contributed by atoms with Gasteiger partial charge in [0.15, 0.2) is 0 Å². The lowest BCUT2D eigenvalue weighted by Gasteiger charge is -2.45. The Kier molecular flexibility index (Phi) is 6.96. The maximum atomic E-state index is 13.9. The van der Waals surface area contributed by atoms with E-state index in [2.05, 4.69) is 0 Å². The van der Waals surface area contributed by atoms with E-state index in [0.717, 1.165) is 5.57 Å². The molecule has 9 nitrogen and oxygen atoms in total. The molecule has 1 aliphatic rings. The summed E-state index contributed by atoms with van der Waals surface area (Å²) in [5.74, 6) is -2.74. The van der Waals surface area contributed by atoms with E-state index < -0.39 is 41.2 Å². The van der Waals surface area contributed by atoms with Crippen LogP contribution >= 0.6 is 0 Å². The molecule has 0 amide bonds. The van der Waals surface area contributed by atoms with Gasteiger partial charge >= 0.3 is 0 Å². The molecule has 36 heavy (non-hydrogen) atoms. The average Bonchev–Trinajstić information content (AvgIpc) is 2.85. The van der Waals surface area contributed by atoms with Gasteiger partial charge in [-0.15, -0.1) is 0 Å². The van der Waals surface area contributed by atoms with E-state index in [4.69, 9.17) is 13.9 Å². The maximum absolute atomic E-state index is 13.9. The smallest absolute Gasteiger partial charge is 0.230 e. The van der Waals surface area contributed by atoms with Crippen LogP contribution in [0.3, 0.4) is 0 Å². The molecule has 9 heteroatoms. The molecule has 5 N–H and O–H groups in total. The van der Waals surface area contributed by atoms with Gasteiger partial charge in [0.05, 0.1) is 13.2 Å². The number of aliphatic hydroxyl groups is 4. The Bertz CT molecular complexity index is 1350. The molecule has 0 spiro atoms. The zero-order valence-electron chi connectivity index (χ0n) is 20.4. The Morgan fingerprint density at radius 3 is 2.36 bits per heavy atom. The highest BCUT2D eigenvalue weighted by atomic mass is 16.7. The fourth-order valence-corrected chi connectivity index (χ4v) is 4.40. The summed E-state index contributed by atoms with van der Waals surface area (Å²) in [6.45, 7) is 5.24. The minimum Gasteiger partial charge on any atom is -0.507 e. The van der Waals surface area contributed by atoms with Gasteiger partial charge in [-0.2, -0.15) is 0 Å². The van der Waals surface area contributed by atoms with Crippen LogP contribution in [0.2, 0.25) is 0 Å². The van der Waals surface area contributed by atoms with Gasteiger partial charge in [-0.3, -0.25) is 4.79 Å². The van der Waals surface area contributed by atoms with Gasteiger partial charge in [-0.1, -0.05) is 17.7 Å². The fourth-order valence-electron chi connectivity index (χ4n) is 4.40. The minimum atomic E-state index is -2.76. The Balaban J connectivity index is 2.09. The van der Waals surface area contributed by atoms with Crippen molar-refractivity contribution >= 4 is 11.0 Å². The SMILES string of the molecule is COc1ccc(-c2oc3c(CC=C(C)C)ccc(O)c3c(=O)c2C2(O)O[C@H](C)[C@@H](O)[C@H](O)[C@@H]2O)cc1. The van der Waals surface area contributed by atoms with Crippen molar-refractivity contribution in [2.75, 3.05) is 7.11 Å². The summed E-state index contributed by atoms with van der Waals surface area (Å²) in [4.78, 5) is 13.9. The molecule has 4 rings (SSSR count). The molecule has 0 radical (unpaired) electrons. The van der Waals surface area contributed by atoms with Crippen molar-refractivity contribution in [1.82, 2.24) is 0 Å². The lowest BCUT2D eigenvalue weighted by molar-refractivity contribution is -0.351. The first-order valence-corrected chi connectivity index (χ1v) is 11.5. The van der Waals surface area contributed by atoms with E-state index in [1.54, 1.807) is 30.3 Å². The van der Waals surface area contributed by atoms with Gasteiger partial charge < -0.3 is 39.4 Å². The van der Waals surface area contributed by atoms with Crippen molar-refractivity contribution in [2.24, 2.45) is 0 Å². The molecule has 0 saturated carbocycles. The van der Waals surface area contributed by atoms with Gasteiger partial charge in [0.1, 0.15) is 52.1 Å². The second kappa shape index (κ2) is 9.68. The van der Waals surface area contributed by atoms with Crippen molar-refractivity contribution in [3.63, 3.8) is 0 Å². The molecule has 1 aromatic heterocycles. The summed E-state index contributed by atoms with van der Waals surface area (Å²) in [7, 11) is 1.50. The first-order valence-electron chi connectivity index (χ1n) is 11.5. The first kappa shape index (κ1) is 25.9. The molecular weight excluding hydrogens is 468 g/mol. The third-order valence-corrected chi connectivity index (χ3v) is 6.46. The summed E-state index contributed by atoms with van der Waals surface area (Å²) < 4.78 is 17.0. The third-order valence-electron chi connectivity index (χ3n) is 6.46. The highest BCUT2D eigenvalue weighted by Gasteiger charge is 2.55. The minimum absolute atomic E-state index is 0.106. The van der Waals surface area contributed by atoms with Crippen LogP contribution in [0, 0.1) is 0 Å². The summed E-state index contributed by atoms with van der Waals surface area (Å²) in [5.41, 5.74) is 0.743. The van der Waals surface area contributed by atoms with E-state index in [1.807, 2.05) is 19.9 Å². The Hall–Kier alpha value is -3.21. The molecule has 1 saturated heterocycles. The molecule has 0 bridgehead atoms. The standard InChI is InChI=1S/C27H30O9/c1-13(2)5-6-15-9-12-18(28)19-22(30)20(27(33)26(32)23(31)21(29)14(3)36-27)25(35-24(15)19)16-7-10-17(34-4)11-8-16/h5,7-12,14,21,23,26,28-29,31-33H,6H2,1-4H3/t14-,21-,23+,26+,27?/m1/s1. The third kappa shape index (κ3) is 4.29. The molecule has 5 atom stereocenters. The number of fused-ring (bicyclic) bond motifs is 1. The Labute approximate surface area is 207 Å². The van der Waals surface area contributed by atoms with Gasteiger partial charge in [-0.25, -0.2) is 0 Å². The van der Waals surface area contributed by atoms with Crippen molar-refractivity contribution in [2.45, 2.75) is 57.4 Å². The highest BCUT2D eigenvalue weighted by Crippen LogP contribution is 2.42. The number of ether oxygens (including phenoxy) is 2. The zero-order chi connectivity index (χ0) is 26.4. The van der Waals surface area contributed by atoms with E-state index in [1.165, 1.54) is 20.1 Å². The normalized spacial score (nSPS) is 26.1. The van der Waals surface area contributed by atoms with Gasteiger partial charge in [0.25, 0.3) is 0 Å². The zero-order valence-corrected chi connectivity index (χ0v) is 20.4. The van der Waals surface area contributed by atoms with Crippen molar-refractivity contribution in [3.05, 3.63) is 69.4 Å². The van der Waals surface area contributed by atoms with E-state index in [-0.39, 0.29) is 22.5 Å². The fraction of sp³-hybridized carbons (Fsp3) is 0.370. The van der Waals surface area contributed by atoms with E-state index >= 15 is 0 Å². The average molecular weight is 499 g/mol. The Morgan fingerprint density at radius 2 is 1.75 bits per heavy atom. The maximum Gasteiger partial charge on any atom is 0.230 e. The number of phenols is 1. The molecule has 0 aliphatic carbocycles. The molecule has 2 heterocycles. The second-order valence-corrected chi connectivity index (χ2v) is 9.24. The number of hydrogen-bond donors (Lipinski definition) is 5. The first-order chi connectivity index (χ1) is 17.0.